The molecule has 0 N–H and O–H groups in total. The lowest BCUT2D eigenvalue weighted by Gasteiger charge is -2.30. The van der Waals surface area contributed by atoms with Gasteiger partial charge in [-0.15, -0.1) is 0 Å². The van der Waals surface area contributed by atoms with Crippen molar-refractivity contribution in [3.63, 3.8) is 0 Å². The van der Waals surface area contributed by atoms with E-state index >= 15 is 0 Å². The molecule has 10 rings (SSSR count). The normalized spacial score (nSPS) is 11.1. The second-order valence-corrected chi connectivity index (χ2v) is 14.9. The average Bonchev–Trinajstić information content (AvgIpc) is 3.33. The highest BCUT2D eigenvalue weighted by Crippen LogP contribution is 2.46. The molecule has 0 spiro atoms. The Labute approximate surface area is 346 Å². The molecule has 0 amide bonds. The van der Waals surface area contributed by atoms with Gasteiger partial charge in [0.15, 0.2) is 0 Å². The summed E-state index contributed by atoms with van der Waals surface area (Å²) in [5.41, 5.74) is 17.5. The predicted octanol–water partition coefficient (Wildman–Crippen LogP) is 16.3. The highest BCUT2D eigenvalue weighted by molar-refractivity contribution is 5.96. The maximum absolute atomic E-state index is 2.43. The van der Waals surface area contributed by atoms with Crippen LogP contribution in [0.25, 0.3) is 77.5 Å². The van der Waals surface area contributed by atoms with Crippen LogP contribution in [0.4, 0.5) is 17.1 Å². The van der Waals surface area contributed by atoms with Gasteiger partial charge < -0.3 is 4.90 Å². The third kappa shape index (κ3) is 7.23. The molecule has 0 heterocycles. The number of anilines is 3. The van der Waals surface area contributed by atoms with Crippen molar-refractivity contribution in [2.45, 2.75) is 0 Å². The maximum atomic E-state index is 2.43. The summed E-state index contributed by atoms with van der Waals surface area (Å²) in [5, 5.41) is 2.49. The van der Waals surface area contributed by atoms with Gasteiger partial charge in [-0.05, 0) is 109 Å². The van der Waals surface area contributed by atoms with Crippen LogP contribution in [0, 0.1) is 0 Å². The van der Waals surface area contributed by atoms with E-state index in [0.29, 0.717) is 0 Å². The topological polar surface area (TPSA) is 3.24 Å². The van der Waals surface area contributed by atoms with Gasteiger partial charge in [0.25, 0.3) is 0 Å². The van der Waals surface area contributed by atoms with Gasteiger partial charge in [0.05, 0.1) is 11.4 Å². The quantitative estimate of drug-likeness (QED) is 0.142. The first-order valence-corrected chi connectivity index (χ1v) is 20.3. The molecule has 1 heteroatoms. The van der Waals surface area contributed by atoms with Crippen LogP contribution < -0.4 is 4.90 Å². The van der Waals surface area contributed by atoms with Gasteiger partial charge in [-0.1, -0.05) is 206 Å². The van der Waals surface area contributed by atoms with Crippen molar-refractivity contribution in [1.82, 2.24) is 0 Å². The van der Waals surface area contributed by atoms with E-state index in [0.717, 1.165) is 28.2 Å². The molecule has 10 aromatic carbocycles. The van der Waals surface area contributed by atoms with E-state index in [1.165, 1.54) is 66.4 Å². The van der Waals surface area contributed by atoms with Crippen LogP contribution in [-0.2, 0) is 0 Å². The largest absolute Gasteiger partial charge is 0.309 e. The van der Waals surface area contributed by atoms with Gasteiger partial charge in [-0.2, -0.15) is 0 Å². The predicted molar refractivity (Wildman–Crippen MR) is 251 cm³/mol. The van der Waals surface area contributed by atoms with Gasteiger partial charge in [0.2, 0.25) is 0 Å². The van der Waals surface area contributed by atoms with Crippen molar-refractivity contribution in [2.24, 2.45) is 0 Å². The Morgan fingerprint density at radius 2 is 0.644 bits per heavy atom. The molecule has 0 aliphatic carbocycles. The first kappa shape index (κ1) is 35.7. The third-order valence-corrected chi connectivity index (χ3v) is 11.3. The second kappa shape index (κ2) is 16.0. The molecule has 0 saturated heterocycles. The van der Waals surface area contributed by atoms with Crippen LogP contribution in [0.15, 0.2) is 249 Å². The zero-order valence-electron chi connectivity index (χ0n) is 32.6. The highest BCUT2D eigenvalue weighted by atomic mass is 15.1. The van der Waals surface area contributed by atoms with Gasteiger partial charge in [0, 0.05) is 16.8 Å². The first-order chi connectivity index (χ1) is 29.3. The number of rotatable bonds is 9. The van der Waals surface area contributed by atoms with Crippen molar-refractivity contribution < 1.29 is 0 Å². The van der Waals surface area contributed by atoms with E-state index in [9.17, 15) is 0 Å². The number of nitrogens with zero attached hydrogens (tertiary/aromatic N) is 1. The molecular weight excluding hydrogens is 711 g/mol. The van der Waals surface area contributed by atoms with Gasteiger partial charge in [0.1, 0.15) is 0 Å². The fourth-order valence-electron chi connectivity index (χ4n) is 8.32. The summed E-state index contributed by atoms with van der Waals surface area (Å²) in [6, 6.07) is 89.9. The van der Waals surface area contributed by atoms with Crippen LogP contribution in [0.3, 0.4) is 0 Å². The Morgan fingerprint density at radius 3 is 1.31 bits per heavy atom. The lowest BCUT2D eigenvalue weighted by atomic mass is 9.90. The second-order valence-electron chi connectivity index (χ2n) is 14.9. The SMILES string of the molecule is c1ccc(-c2ccc(N(c3ccc(-c4ccc(-c5ccc6ccccc6c5)c(-c5ccccc5)c4)cc3)c3ccccc3-c3ccccc3)c(-c3ccccc3)c2)cc1. The smallest absolute Gasteiger partial charge is 0.0540 e. The molecule has 0 radical (unpaired) electrons. The van der Waals surface area contributed by atoms with E-state index < -0.39 is 0 Å². The lowest BCUT2D eigenvalue weighted by molar-refractivity contribution is 1.28. The molecule has 0 aliphatic rings. The fourth-order valence-corrected chi connectivity index (χ4v) is 8.32. The monoisotopic (exact) mass is 751 g/mol. The minimum atomic E-state index is 1.08. The molecule has 10 aromatic rings. The zero-order chi connectivity index (χ0) is 39.4. The molecule has 0 fully saturated rings. The molecule has 0 aromatic heterocycles. The highest BCUT2D eigenvalue weighted by Gasteiger charge is 2.21. The Kier molecular flexibility index (Phi) is 9.68. The number of benzene rings is 10. The Hall–Kier alpha value is -7.74. The summed E-state index contributed by atoms with van der Waals surface area (Å²) < 4.78 is 0. The van der Waals surface area contributed by atoms with Crippen molar-refractivity contribution in [1.29, 1.82) is 0 Å². The molecule has 1 nitrogen and oxygen atoms in total. The maximum Gasteiger partial charge on any atom is 0.0540 e. The van der Waals surface area contributed by atoms with Gasteiger partial charge in [-0.25, -0.2) is 0 Å². The molecule has 0 saturated carbocycles. The van der Waals surface area contributed by atoms with Crippen molar-refractivity contribution in [3.8, 4) is 66.8 Å². The van der Waals surface area contributed by atoms with Crippen LogP contribution in [0.5, 0.6) is 0 Å². The zero-order valence-corrected chi connectivity index (χ0v) is 32.6. The van der Waals surface area contributed by atoms with E-state index in [1.54, 1.807) is 0 Å². The van der Waals surface area contributed by atoms with E-state index in [4.69, 9.17) is 0 Å². The van der Waals surface area contributed by atoms with E-state index in [2.05, 4.69) is 254 Å². The summed E-state index contributed by atoms with van der Waals surface area (Å²) in [6.45, 7) is 0. The standard InChI is InChI=1S/C58H41N/c1-5-17-42(18-6-1)50-34-38-58(56(41-50)47-24-11-4-12-25-47)59(57-28-16-15-27-54(57)45-20-7-2-8-21-45)52-35-31-44(32-36-52)49-33-37-53(55(40-49)46-22-9-3-10-23-46)51-30-29-43-19-13-14-26-48(43)39-51/h1-41H. The number of hydrogen-bond donors (Lipinski definition) is 0. The van der Waals surface area contributed by atoms with Gasteiger partial charge >= 0.3 is 0 Å². The van der Waals surface area contributed by atoms with E-state index in [1.807, 2.05) is 0 Å². The Balaban J connectivity index is 1.12. The van der Waals surface area contributed by atoms with Crippen molar-refractivity contribution in [2.75, 3.05) is 4.90 Å². The van der Waals surface area contributed by atoms with Crippen molar-refractivity contribution >= 4 is 27.8 Å². The van der Waals surface area contributed by atoms with E-state index in [-0.39, 0.29) is 0 Å². The number of fused-ring (bicyclic) bond motifs is 1. The van der Waals surface area contributed by atoms with Crippen LogP contribution in [-0.4, -0.2) is 0 Å². The molecule has 278 valence electrons. The summed E-state index contributed by atoms with van der Waals surface area (Å²) in [6.07, 6.45) is 0. The Morgan fingerprint density at radius 1 is 0.203 bits per heavy atom. The van der Waals surface area contributed by atoms with Crippen LogP contribution >= 0.6 is 0 Å². The molecular formula is C58H41N. The first-order valence-electron chi connectivity index (χ1n) is 20.3. The number of para-hydroxylation sites is 1. The minimum Gasteiger partial charge on any atom is -0.309 e. The van der Waals surface area contributed by atoms with Crippen LogP contribution in [0.2, 0.25) is 0 Å². The van der Waals surface area contributed by atoms with Gasteiger partial charge in [-0.3, -0.25) is 0 Å². The summed E-state index contributed by atoms with van der Waals surface area (Å²) in [5.74, 6) is 0. The van der Waals surface area contributed by atoms with Crippen LogP contribution in [0.1, 0.15) is 0 Å². The number of hydrogen-bond acceptors (Lipinski definition) is 1. The summed E-state index contributed by atoms with van der Waals surface area (Å²) >= 11 is 0. The average molecular weight is 752 g/mol. The summed E-state index contributed by atoms with van der Waals surface area (Å²) in [7, 11) is 0. The fraction of sp³-hybridized carbons (Fsp3) is 0. The van der Waals surface area contributed by atoms with Crippen molar-refractivity contribution in [3.05, 3.63) is 249 Å². The molecule has 0 atom stereocenters. The molecule has 59 heavy (non-hydrogen) atoms. The molecule has 0 unspecified atom stereocenters. The minimum absolute atomic E-state index is 1.08. The third-order valence-electron chi connectivity index (χ3n) is 11.3. The molecule has 0 bridgehead atoms. The summed E-state index contributed by atoms with van der Waals surface area (Å²) in [4.78, 5) is 2.43. The molecule has 0 aliphatic heterocycles. The lowest BCUT2D eigenvalue weighted by Crippen LogP contribution is -2.12. The Bertz CT molecular complexity index is 3010.